The minimum absolute atomic E-state index is 0.0461. The number of rotatable bonds is 5. The number of halogens is 1. The third-order valence-electron chi connectivity index (χ3n) is 2.93. The van der Waals surface area contributed by atoms with Crippen molar-refractivity contribution >= 4 is 29.0 Å². The molecule has 2 rings (SSSR count). The second kappa shape index (κ2) is 6.10. The lowest BCUT2D eigenvalue weighted by Crippen LogP contribution is -2.07. The molecule has 3 N–H and O–H groups in total. The van der Waals surface area contributed by atoms with Crippen LogP contribution in [-0.4, -0.2) is 27.1 Å². The molecule has 0 saturated heterocycles. The van der Waals surface area contributed by atoms with E-state index in [4.69, 9.17) is 10.2 Å². The van der Waals surface area contributed by atoms with E-state index in [0.717, 1.165) is 36.4 Å². The Balaban J connectivity index is 2.50. The van der Waals surface area contributed by atoms with Crippen molar-refractivity contribution < 1.29 is 29.1 Å². The van der Waals surface area contributed by atoms with Gasteiger partial charge in [-0.2, -0.15) is 0 Å². The highest BCUT2D eigenvalue weighted by molar-refractivity contribution is 5.99. The van der Waals surface area contributed by atoms with Gasteiger partial charge < -0.3 is 15.5 Å². The van der Waals surface area contributed by atoms with Crippen LogP contribution in [0.3, 0.4) is 0 Å². The molecule has 0 saturated carbocycles. The molecule has 0 aliphatic heterocycles. The molecule has 9 heteroatoms. The lowest BCUT2D eigenvalue weighted by Gasteiger charge is -2.12. The van der Waals surface area contributed by atoms with E-state index in [2.05, 4.69) is 5.32 Å². The Hall–Kier alpha value is -3.49. The van der Waals surface area contributed by atoms with Gasteiger partial charge in [0.05, 0.1) is 27.4 Å². The second-order valence-corrected chi connectivity index (χ2v) is 4.41. The van der Waals surface area contributed by atoms with Gasteiger partial charge in [0.25, 0.3) is 5.69 Å². The minimum Gasteiger partial charge on any atom is -0.478 e. The van der Waals surface area contributed by atoms with Gasteiger partial charge in [0.1, 0.15) is 5.82 Å². The summed E-state index contributed by atoms with van der Waals surface area (Å²) in [5.74, 6) is -3.61. The van der Waals surface area contributed by atoms with Crippen molar-refractivity contribution in [3.8, 4) is 0 Å². The maximum absolute atomic E-state index is 13.1. The number of carbonyl (C=O) groups is 2. The van der Waals surface area contributed by atoms with Crippen LogP contribution in [0.2, 0.25) is 0 Å². The van der Waals surface area contributed by atoms with Gasteiger partial charge in [0.2, 0.25) is 0 Å². The van der Waals surface area contributed by atoms with Gasteiger partial charge in [0.15, 0.2) is 0 Å². The van der Waals surface area contributed by atoms with Crippen molar-refractivity contribution in [3.05, 3.63) is 63.5 Å². The normalized spacial score (nSPS) is 10.1. The summed E-state index contributed by atoms with van der Waals surface area (Å²) >= 11 is 0. The molecule has 0 bridgehead atoms. The smallest absolute Gasteiger partial charge is 0.338 e. The van der Waals surface area contributed by atoms with Gasteiger partial charge in [-0.15, -0.1) is 0 Å². The van der Waals surface area contributed by atoms with E-state index in [1.54, 1.807) is 0 Å². The molecule has 0 spiro atoms. The number of anilines is 2. The standard InChI is InChI=1S/C14H9FN2O6/c15-7-1-3-11(9(5-7)13(18)19)16-12-4-2-8(17(22)23)6-10(12)14(20)21/h1-6,16H,(H,18,19)(H,20,21). The van der Waals surface area contributed by atoms with Crippen LogP contribution in [0.15, 0.2) is 36.4 Å². The molecule has 0 atom stereocenters. The molecule has 0 aromatic heterocycles. The Morgan fingerprint density at radius 2 is 1.52 bits per heavy atom. The number of nitrogens with one attached hydrogen (secondary N) is 1. The van der Waals surface area contributed by atoms with Gasteiger partial charge >= 0.3 is 11.9 Å². The fourth-order valence-electron chi connectivity index (χ4n) is 1.88. The quantitative estimate of drug-likeness (QED) is 0.570. The average molecular weight is 320 g/mol. The van der Waals surface area contributed by atoms with Crippen molar-refractivity contribution in [1.82, 2.24) is 0 Å². The Bertz CT molecular complexity index is 821. The summed E-state index contributed by atoms with van der Waals surface area (Å²) in [6.45, 7) is 0. The van der Waals surface area contributed by atoms with Crippen LogP contribution in [0.1, 0.15) is 20.7 Å². The third-order valence-corrected chi connectivity index (χ3v) is 2.93. The molecule has 0 radical (unpaired) electrons. The topological polar surface area (TPSA) is 130 Å². The number of hydrogen-bond donors (Lipinski definition) is 3. The number of nitro benzene ring substituents is 1. The molecule has 0 unspecified atom stereocenters. The zero-order chi connectivity index (χ0) is 17.1. The molecule has 0 amide bonds. The van der Waals surface area contributed by atoms with Gasteiger partial charge in [-0.05, 0) is 24.3 Å². The fourth-order valence-corrected chi connectivity index (χ4v) is 1.88. The van der Waals surface area contributed by atoms with Crippen molar-refractivity contribution in [2.24, 2.45) is 0 Å². The predicted molar refractivity (Wildman–Crippen MR) is 76.7 cm³/mol. The fraction of sp³-hybridized carbons (Fsp3) is 0. The van der Waals surface area contributed by atoms with Crippen LogP contribution in [0, 0.1) is 15.9 Å². The maximum Gasteiger partial charge on any atom is 0.338 e. The maximum atomic E-state index is 13.1. The summed E-state index contributed by atoms with van der Waals surface area (Å²) < 4.78 is 13.1. The number of nitrogens with zero attached hydrogens (tertiary/aromatic N) is 1. The highest BCUT2D eigenvalue weighted by Gasteiger charge is 2.18. The summed E-state index contributed by atoms with van der Waals surface area (Å²) in [4.78, 5) is 32.3. The molecular weight excluding hydrogens is 311 g/mol. The van der Waals surface area contributed by atoms with Crippen LogP contribution >= 0.6 is 0 Å². The van der Waals surface area contributed by atoms with Gasteiger partial charge in [-0.1, -0.05) is 0 Å². The lowest BCUT2D eigenvalue weighted by atomic mass is 10.1. The number of benzene rings is 2. The van der Waals surface area contributed by atoms with E-state index in [1.165, 1.54) is 0 Å². The number of carboxylic acids is 2. The first-order valence-electron chi connectivity index (χ1n) is 6.11. The summed E-state index contributed by atoms with van der Waals surface area (Å²) in [6, 6.07) is 5.95. The van der Waals surface area contributed by atoms with Crippen LogP contribution in [0.25, 0.3) is 0 Å². The Morgan fingerprint density at radius 1 is 1.00 bits per heavy atom. The summed E-state index contributed by atoms with van der Waals surface area (Å²) in [5.41, 5.74) is -1.35. The van der Waals surface area contributed by atoms with Crippen molar-refractivity contribution in [1.29, 1.82) is 0 Å². The Morgan fingerprint density at radius 3 is 2.04 bits per heavy atom. The lowest BCUT2D eigenvalue weighted by molar-refractivity contribution is -0.384. The largest absolute Gasteiger partial charge is 0.478 e. The number of non-ortho nitro benzene ring substituents is 1. The van der Waals surface area contributed by atoms with Gasteiger partial charge in [-0.25, -0.2) is 14.0 Å². The first kappa shape index (κ1) is 15.9. The summed E-state index contributed by atoms with van der Waals surface area (Å²) in [5, 5.41) is 31.4. The van der Waals surface area contributed by atoms with E-state index < -0.39 is 39.5 Å². The number of aromatic carboxylic acids is 2. The van der Waals surface area contributed by atoms with Crippen LogP contribution in [0.4, 0.5) is 21.5 Å². The monoisotopic (exact) mass is 320 g/mol. The van der Waals surface area contributed by atoms with Crippen LogP contribution in [-0.2, 0) is 0 Å². The van der Waals surface area contributed by atoms with E-state index in [-0.39, 0.29) is 11.4 Å². The van der Waals surface area contributed by atoms with Gasteiger partial charge in [0, 0.05) is 12.1 Å². The number of hydrogen-bond acceptors (Lipinski definition) is 5. The van der Waals surface area contributed by atoms with Gasteiger partial charge in [-0.3, -0.25) is 10.1 Å². The predicted octanol–water partition coefficient (Wildman–Crippen LogP) is 2.87. The first-order chi connectivity index (χ1) is 10.8. The molecule has 0 aliphatic rings. The van der Waals surface area contributed by atoms with E-state index in [9.17, 15) is 24.1 Å². The molecule has 0 fully saturated rings. The van der Waals surface area contributed by atoms with E-state index >= 15 is 0 Å². The SMILES string of the molecule is O=C(O)c1cc(F)ccc1Nc1ccc([N+](=O)[O-])cc1C(=O)O. The Kier molecular flexibility index (Phi) is 4.21. The van der Waals surface area contributed by atoms with Crippen molar-refractivity contribution in [2.75, 3.05) is 5.32 Å². The highest BCUT2D eigenvalue weighted by atomic mass is 19.1. The number of carboxylic acid groups (broad SMARTS) is 2. The molecule has 0 heterocycles. The zero-order valence-electron chi connectivity index (χ0n) is 11.3. The van der Waals surface area contributed by atoms with Crippen molar-refractivity contribution in [2.45, 2.75) is 0 Å². The second-order valence-electron chi connectivity index (χ2n) is 4.41. The summed E-state index contributed by atoms with van der Waals surface area (Å²) in [7, 11) is 0. The highest BCUT2D eigenvalue weighted by Crippen LogP contribution is 2.27. The number of nitro groups is 1. The first-order valence-corrected chi connectivity index (χ1v) is 6.11. The molecule has 8 nitrogen and oxygen atoms in total. The van der Waals surface area contributed by atoms with Crippen molar-refractivity contribution in [3.63, 3.8) is 0 Å². The van der Waals surface area contributed by atoms with Crippen LogP contribution < -0.4 is 5.32 Å². The Labute approximate surface area is 127 Å². The molecular formula is C14H9FN2O6. The third kappa shape index (κ3) is 3.40. The molecule has 23 heavy (non-hydrogen) atoms. The summed E-state index contributed by atoms with van der Waals surface area (Å²) in [6.07, 6.45) is 0. The minimum atomic E-state index is -1.44. The molecule has 2 aromatic rings. The zero-order valence-corrected chi connectivity index (χ0v) is 11.3. The van der Waals surface area contributed by atoms with Crippen LogP contribution in [0.5, 0.6) is 0 Å². The van der Waals surface area contributed by atoms with E-state index in [0.29, 0.717) is 0 Å². The molecule has 2 aromatic carbocycles. The van der Waals surface area contributed by atoms with E-state index in [1.807, 2.05) is 0 Å². The molecule has 0 aliphatic carbocycles. The average Bonchev–Trinajstić information content (AvgIpc) is 2.48. The molecule has 118 valence electrons.